The normalized spacial score (nSPS) is 11.0. The third-order valence-corrected chi connectivity index (χ3v) is 3.50. The summed E-state index contributed by atoms with van der Waals surface area (Å²) in [6.07, 6.45) is 5.38. The summed E-state index contributed by atoms with van der Waals surface area (Å²) in [5.41, 5.74) is 3.27. The van der Waals surface area contributed by atoms with Crippen LogP contribution in [0.4, 0.5) is 5.69 Å². The van der Waals surface area contributed by atoms with Crippen molar-refractivity contribution in [1.29, 1.82) is 0 Å². The minimum Gasteiger partial charge on any atom is -0.322 e. The molecule has 1 N–H and O–H groups in total. The number of fused-ring (bicyclic) bond motifs is 1. The second-order valence-corrected chi connectivity index (χ2v) is 5.31. The largest absolute Gasteiger partial charge is 0.322 e. The number of amides is 1. The molecule has 0 bridgehead atoms. The summed E-state index contributed by atoms with van der Waals surface area (Å²) >= 11 is 0. The predicted octanol–water partition coefficient (Wildman–Crippen LogP) is 3.71. The number of hydrogen-bond donors (Lipinski definition) is 1. The smallest absolute Gasteiger partial charge is 0.259 e. The van der Waals surface area contributed by atoms with E-state index >= 15 is 0 Å². The predicted molar refractivity (Wildman–Crippen MR) is 83.7 cm³/mol. The number of carbonyl (C=O) groups excluding carboxylic acids is 1. The monoisotopic (exact) mass is 279 g/mol. The van der Waals surface area contributed by atoms with Crippen molar-refractivity contribution in [3.05, 3.63) is 66.1 Å². The molecular formula is C17H17N3O. The van der Waals surface area contributed by atoms with Crippen LogP contribution in [0, 0.1) is 0 Å². The van der Waals surface area contributed by atoms with E-state index in [9.17, 15) is 4.79 Å². The van der Waals surface area contributed by atoms with Crippen molar-refractivity contribution in [2.75, 3.05) is 5.32 Å². The Morgan fingerprint density at radius 1 is 1.14 bits per heavy atom. The maximum atomic E-state index is 12.4. The van der Waals surface area contributed by atoms with Crippen molar-refractivity contribution in [3.8, 4) is 0 Å². The van der Waals surface area contributed by atoms with Gasteiger partial charge in [0, 0.05) is 24.3 Å². The maximum Gasteiger partial charge on any atom is 0.259 e. The molecule has 0 saturated heterocycles. The Morgan fingerprint density at radius 2 is 1.90 bits per heavy atom. The summed E-state index contributed by atoms with van der Waals surface area (Å²) in [5.74, 6) is 0.331. The molecule has 0 aliphatic carbocycles. The number of pyridine rings is 1. The minimum atomic E-state index is -0.149. The molecule has 3 aromatic rings. The van der Waals surface area contributed by atoms with Crippen molar-refractivity contribution in [1.82, 2.24) is 9.38 Å². The molecule has 3 rings (SSSR count). The van der Waals surface area contributed by atoms with Gasteiger partial charge in [-0.25, -0.2) is 4.98 Å². The fourth-order valence-electron chi connectivity index (χ4n) is 2.28. The number of nitrogens with zero attached hydrogens (tertiary/aromatic N) is 2. The third-order valence-electron chi connectivity index (χ3n) is 3.50. The van der Waals surface area contributed by atoms with Gasteiger partial charge in [-0.3, -0.25) is 4.79 Å². The lowest BCUT2D eigenvalue weighted by Crippen LogP contribution is -2.13. The van der Waals surface area contributed by atoms with Crippen molar-refractivity contribution in [2.45, 2.75) is 19.8 Å². The molecule has 0 atom stereocenters. The molecule has 2 heterocycles. The minimum absolute atomic E-state index is 0.149. The first kappa shape index (κ1) is 13.4. The van der Waals surface area contributed by atoms with E-state index in [1.54, 1.807) is 12.3 Å². The van der Waals surface area contributed by atoms with Crippen molar-refractivity contribution < 1.29 is 4.79 Å². The first-order valence-electron chi connectivity index (χ1n) is 6.98. The zero-order valence-electron chi connectivity index (χ0n) is 12.1. The molecule has 1 aromatic carbocycles. The Balaban J connectivity index is 1.84. The highest BCUT2D eigenvalue weighted by molar-refractivity contribution is 6.08. The average Bonchev–Trinajstić information content (AvgIpc) is 2.96. The van der Waals surface area contributed by atoms with Crippen LogP contribution in [0.25, 0.3) is 5.65 Å². The van der Waals surface area contributed by atoms with E-state index in [0.29, 0.717) is 17.1 Å². The maximum absolute atomic E-state index is 12.4. The first-order valence-corrected chi connectivity index (χ1v) is 6.98. The van der Waals surface area contributed by atoms with Gasteiger partial charge in [0.05, 0.1) is 5.56 Å². The van der Waals surface area contributed by atoms with Crippen molar-refractivity contribution in [2.24, 2.45) is 0 Å². The molecule has 0 fully saturated rings. The van der Waals surface area contributed by atoms with Gasteiger partial charge in [-0.15, -0.1) is 0 Å². The Morgan fingerprint density at radius 3 is 2.62 bits per heavy atom. The molecular weight excluding hydrogens is 262 g/mol. The summed E-state index contributed by atoms with van der Waals surface area (Å²) in [6.45, 7) is 4.29. The summed E-state index contributed by atoms with van der Waals surface area (Å²) in [5, 5.41) is 2.91. The van der Waals surface area contributed by atoms with Crippen LogP contribution >= 0.6 is 0 Å². The highest BCUT2D eigenvalue weighted by atomic mass is 16.1. The molecule has 0 aliphatic heterocycles. The summed E-state index contributed by atoms with van der Waals surface area (Å²) in [7, 11) is 0. The molecule has 0 unspecified atom stereocenters. The van der Waals surface area contributed by atoms with E-state index in [-0.39, 0.29) is 5.91 Å². The molecule has 1 amide bonds. The highest BCUT2D eigenvalue weighted by Gasteiger charge is 2.11. The SMILES string of the molecule is CC(C)c1ccc(NC(=O)c2cccn3ccnc23)cc1. The highest BCUT2D eigenvalue weighted by Crippen LogP contribution is 2.18. The molecule has 4 nitrogen and oxygen atoms in total. The molecule has 4 heteroatoms. The first-order chi connectivity index (χ1) is 10.1. The number of imidazole rings is 1. The zero-order chi connectivity index (χ0) is 14.8. The number of carbonyl (C=O) groups is 1. The molecule has 0 aliphatic rings. The number of anilines is 1. The van der Waals surface area contributed by atoms with Gasteiger partial charge in [-0.05, 0) is 35.7 Å². The number of hydrogen-bond acceptors (Lipinski definition) is 2. The topological polar surface area (TPSA) is 46.4 Å². The molecule has 0 saturated carbocycles. The van der Waals surface area contributed by atoms with Crippen LogP contribution in [0.3, 0.4) is 0 Å². The Bertz CT molecular complexity index is 772. The molecule has 0 radical (unpaired) electrons. The number of rotatable bonds is 3. The van der Waals surface area contributed by atoms with Crippen LogP contribution in [-0.4, -0.2) is 15.3 Å². The van der Waals surface area contributed by atoms with Crippen LogP contribution in [0.1, 0.15) is 35.7 Å². The summed E-state index contributed by atoms with van der Waals surface area (Å²) in [4.78, 5) is 16.6. The molecule has 21 heavy (non-hydrogen) atoms. The Hall–Kier alpha value is -2.62. The lowest BCUT2D eigenvalue weighted by atomic mass is 10.0. The van der Waals surface area contributed by atoms with E-state index < -0.39 is 0 Å². The van der Waals surface area contributed by atoms with Gasteiger partial charge in [0.2, 0.25) is 0 Å². The van der Waals surface area contributed by atoms with E-state index in [2.05, 4.69) is 24.1 Å². The van der Waals surface area contributed by atoms with Gasteiger partial charge in [-0.1, -0.05) is 26.0 Å². The summed E-state index contributed by atoms with van der Waals surface area (Å²) < 4.78 is 1.83. The van der Waals surface area contributed by atoms with Crippen LogP contribution < -0.4 is 5.32 Å². The second-order valence-electron chi connectivity index (χ2n) is 5.31. The zero-order valence-corrected chi connectivity index (χ0v) is 12.1. The third kappa shape index (κ3) is 2.65. The van der Waals surface area contributed by atoms with Gasteiger partial charge in [-0.2, -0.15) is 0 Å². The number of aromatic nitrogens is 2. The van der Waals surface area contributed by atoms with Gasteiger partial charge in [0.1, 0.15) is 5.65 Å². The standard InChI is InChI=1S/C17H17N3O/c1-12(2)13-5-7-14(8-6-13)19-17(21)15-4-3-10-20-11-9-18-16(15)20/h3-12H,1-2H3,(H,19,21). The summed E-state index contributed by atoms with van der Waals surface area (Å²) in [6, 6.07) is 11.6. The van der Waals surface area contributed by atoms with E-state index in [0.717, 1.165) is 5.69 Å². The second kappa shape index (κ2) is 5.40. The fourth-order valence-corrected chi connectivity index (χ4v) is 2.28. The number of nitrogens with one attached hydrogen (secondary N) is 1. The van der Waals surface area contributed by atoms with Gasteiger partial charge >= 0.3 is 0 Å². The van der Waals surface area contributed by atoms with E-state index in [1.807, 2.05) is 47.1 Å². The van der Waals surface area contributed by atoms with Gasteiger partial charge in [0.25, 0.3) is 5.91 Å². The van der Waals surface area contributed by atoms with Crippen LogP contribution in [0.5, 0.6) is 0 Å². The van der Waals surface area contributed by atoms with E-state index in [1.165, 1.54) is 5.56 Å². The fraction of sp³-hybridized carbons (Fsp3) is 0.176. The molecule has 2 aromatic heterocycles. The van der Waals surface area contributed by atoms with Crippen LogP contribution in [0.15, 0.2) is 55.0 Å². The quantitative estimate of drug-likeness (QED) is 0.794. The molecule has 106 valence electrons. The Kier molecular flexibility index (Phi) is 3.44. The molecule has 0 spiro atoms. The van der Waals surface area contributed by atoms with Crippen LogP contribution in [0.2, 0.25) is 0 Å². The van der Waals surface area contributed by atoms with Crippen molar-refractivity contribution >= 4 is 17.2 Å². The number of benzene rings is 1. The van der Waals surface area contributed by atoms with Gasteiger partial charge in [0.15, 0.2) is 0 Å². The Labute approximate surface area is 123 Å². The lowest BCUT2D eigenvalue weighted by Gasteiger charge is -2.09. The van der Waals surface area contributed by atoms with Crippen LogP contribution in [-0.2, 0) is 0 Å². The van der Waals surface area contributed by atoms with Gasteiger partial charge < -0.3 is 9.72 Å². The average molecular weight is 279 g/mol. The van der Waals surface area contributed by atoms with E-state index in [4.69, 9.17) is 0 Å². The van der Waals surface area contributed by atoms with Crippen molar-refractivity contribution in [3.63, 3.8) is 0 Å². The lowest BCUT2D eigenvalue weighted by molar-refractivity contribution is 0.102.